The topological polar surface area (TPSA) is 237 Å². The first kappa shape index (κ1) is 102. The van der Waals surface area contributed by atoms with Crippen LogP contribution < -0.4 is 0 Å². The summed E-state index contributed by atoms with van der Waals surface area (Å²) in [6.07, 6.45) is 70.8. The number of carbonyl (C=O) groups excluding carboxylic acids is 4. The molecule has 0 aliphatic rings. The Bertz CT molecular complexity index is 1980. The molecule has 0 aromatic heterocycles. The largest absolute Gasteiger partial charge is 0.472 e. The van der Waals surface area contributed by atoms with E-state index in [1.54, 1.807) is 0 Å². The van der Waals surface area contributed by atoms with E-state index in [-0.39, 0.29) is 25.7 Å². The van der Waals surface area contributed by atoms with Crippen LogP contribution in [0.4, 0.5) is 0 Å². The molecule has 5 atom stereocenters. The van der Waals surface area contributed by atoms with E-state index in [2.05, 4.69) is 34.6 Å². The van der Waals surface area contributed by atoms with Crippen LogP contribution in [0.15, 0.2) is 0 Å². The first-order valence-corrected chi connectivity index (χ1v) is 47.1. The van der Waals surface area contributed by atoms with Gasteiger partial charge in [-0.1, -0.05) is 407 Å². The summed E-state index contributed by atoms with van der Waals surface area (Å²) < 4.78 is 68.9. The normalized spacial score (nSPS) is 13.8. The Balaban J connectivity index is 5.24. The van der Waals surface area contributed by atoms with Crippen molar-refractivity contribution in [2.45, 2.75) is 477 Å². The number of rotatable bonds is 85. The standard InChI is InChI=1S/C85H166O17P2/c1-6-9-12-15-18-21-24-26-28-30-32-33-35-37-39-45-50-55-60-65-70-84(89)101-81(75-96-83(88)69-64-59-54-49-44-38-36-34-31-29-27-25-22-19-16-13-10-7-2)77-100-104(93,94)98-73-79(86)72-97-103(91,92)99-76-80(74-95-82(87)68-63-58-53-48-42-23-20-17-14-11-8-3)102-85(90)71-66-61-56-51-46-41-40-43-47-52-57-62-67-78(4)5/h78-81,86H,6-77H2,1-5H3,(H,91,92)(H,93,94)/t79-,80+,81+/m0/s1. The van der Waals surface area contributed by atoms with Crippen LogP contribution >= 0.6 is 15.6 Å². The van der Waals surface area contributed by atoms with E-state index in [9.17, 15) is 43.2 Å². The van der Waals surface area contributed by atoms with Crippen molar-refractivity contribution in [3.8, 4) is 0 Å². The zero-order valence-corrected chi connectivity index (χ0v) is 70.0. The molecule has 3 N–H and O–H groups in total. The van der Waals surface area contributed by atoms with Crippen LogP contribution in [0.5, 0.6) is 0 Å². The van der Waals surface area contributed by atoms with Crippen LogP contribution in [0.25, 0.3) is 0 Å². The van der Waals surface area contributed by atoms with E-state index in [0.717, 1.165) is 95.8 Å². The summed E-state index contributed by atoms with van der Waals surface area (Å²) in [4.78, 5) is 73.2. The van der Waals surface area contributed by atoms with Crippen molar-refractivity contribution in [2.24, 2.45) is 5.92 Å². The number of carbonyl (C=O) groups is 4. The van der Waals surface area contributed by atoms with E-state index in [0.29, 0.717) is 25.7 Å². The summed E-state index contributed by atoms with van der Waals surface area (Å²) in [6, 6.07) is 0. The van der Waals surface area contributed by atoms with E-state index in [1.807, 2.05) is 0 Å². The van der Waals surface area contributed by atoms with Gasteiger partial charge >= 0.3 is 39.5 Å². The van der Waals surface area contributed by atoms with E-state index in [4.69, 9.17) is 37.0 Å². The molecule has 0 spiro atoms. The van der Waals surface area contributed by atoms with Gasteiger partial charge < -0.3 is 33.8 Å². The van der Waals surface area contributed by atoms with Crippen molar-refractivity contribution in [3.63, 3.8) is 0 Å². The van der Waals surface area contributed by atoms with Crippen LogP contribution in [0.2, 0.25) is 0 Å². The van der Waals surface area contributed by atoms with Crippen LogP contribution in [-0.4, -0.2) is 96.7 Å². The lowest BCUT2D eigenvalue weighted by Gasteiger charge is -2.21. The van der Waals surface area contributed by atoms with E-state index in [1.165, 1.54) is 283 Å². The van der Waals surface area contributed by atoms with Gasteiger partial charge in [-0.2, -0.15) is 0 Å². The fourth-order valence-electron chi connectivity index (χ4n) is 13.3. The zero-order valence-electron chi connectivity index (χ0n) is 68.2. The number of unbranched alkanes of at least 4 members (excludes halogenated alkanes) is 57. The van der Waals surface area contributed by atoms with Crippen LogP contribution in [0.3, 0.4) is 0 Å². The molecule has 0 fully saturated rings. The fraction of sp³-hybridized carbons (Fsp3) is 0.953. The number of aliphatic hydroxyl groups excluding tert-OH is 1. The molecule has 0 aromatic carbocycles. The zero-order chi connectivity index (χ0) is 76.2. The molecule has 0 saturated heterocycles. The van der Waals surface area contributed by atoms with Gasteiger partial charge in [-0.15, -0.1) is 0 Å². The highest BCUT2D eigenvalue weighted by Gasteiger charge is 2.30. The van der Waals surface area contributed by atoms with Crippen molar-refractivity contribution in [3.05, 3.63) is 0 Å². The molecular formula is C85H166O17P2. The Labute approximate surface area is 638 Å². The maximum atomic E-state index is 13.1. The van der Waals surface area contributed by atoms with Gasteiger partial charge in [0.25, 0.3) is 0 Å². The highest BCUT2D eigenvalue weighted by Crippen LogP contribution is 2.45. The smallest absolute Gasteiger partial charge is 0.462 e. The monoisotopic (exact) mass is 1520 g/mol. The van der Waals surface area contributed by atoms with Gasteiger partial charge in [0.1, 0.15) is 19.3 Å². The lowest BCUT2D eigenvalue weighted by molar-refractivity contribution is -0.161. The number of esters is 4. The minimum Gasteiger partial charge on any atom is -0.462 e. The lowest BCUT2D eigenvalue weighted by atomic mass is 10.0. The number of hydrogen-bond acceptors (Lipinski definition) is 15. The minimum atomic E-state index is -4.96. The third kappa shape index (κ3) is 78.2. The van der Waals surface area contributed by atoms with Gasteiger partial charge in [0.15, 0.2) is 12.2 Å². The summed E-state index contributed by atoms with van der Waals surface area (Å²) in [5.74, 6) is -1.32. The molecule has 104 heavy (non-hydrogen) atoms. The van der Waals surface area contributed by atoms with Crippen molar-refractivity contribution in [1.82, 2.24) is 0 Å². The molecular weight excluding hydrogens is 1350 g/mol. The van der Waals surface area contributed by atoms with Gasteiger partial charge in [-0.05, 0) is 31.6 Å². The van der Waals surface area contributed by atoms with Gasteiger partial charge in [-0.3, -0.25) is 37.3 Å². The van der Waals surface area contributed by atoms with Gasteiger partial charge in [-0.25, -0.2) is 9.13 Å². The second kappa shape index (κ2) is 77.8. The predicted molar refractivity (Wildman–Crippen MR) is 428 cm³/mol. The molecule has 0 rings (SSSR count). The van der Waals surface area contributed by atoms with Gasteiger partial charge in [0.2, 0.25) is 0 Å². The molecule has 17 nitrogen and oxygen atoms in total. The van der Waals surface area contributed by atoms with E-state index >= 15 is 0 Å². The molecule has 2 unspecified atom stereocenters. The summed E-state index contributed by atoms with van der Waals surface area (Å²) in [5, 5.41) is 10.7. The molecule has 618 valence electrons. The summed E-state index contributed by atoms with van der Waals surface area (Å²) in [5.41, 5.74) is 0. The third-order valence-corrected chi connectivity index (χ3v) is 21.9. The Morgan fingerprint density at radius 1 is 0.260 bits per heavy atom. The second-order valence-electron chi connectivity index (χ2n) is 31.1. The fourth-order valence-corrected chi connectivity index (χ4v) is 14.9. The second-order valence-corrected chi connectivity index (χ2v) is 34.0. The first-order chi connectivity index (χ1) is 50.5. The van der Waals surface area contributed by atoms with Gasteiger partial charge in [0.05, 0.1) is 26.4 Å². The highest BCUT2D eigenvalue weighted by molar-refractivity contribution is 7.47. The molecule has 0 bridgehead atoms. The SMILES string of the molecule is CCCCCCCCCCCCCCCCCCCCCCC(=O)O[C@H](COC(=O)CCCCCCCCCCCCCCCCCCCC)COP(=O)(O)OC[C@@H](O)COP(=O)(O)OC[C@@H](COC(=O)CCCCCCCCCCCCC)OC(=O)CCCCCCCCCCCCCCC(C)C. The quantitative estimate of drug-likeness (QED) is 0.0222. The molecule has 0 radical (unpaired) electrons. The van der Waals surface area contributed by atoms with Gasteiger partial charge in [0, 0.05) is 25.7 Å². The number of hydrogen-bond donors (Lipinski definition) is 3. The average Bonchev–Trinajstić information content (AvgIpc) is 0.902. The van der Waals surface area contributed by atoms with Crippen molar-refractivity contribution >= 4 is 39.5 Å². The third-order valence-electron chi connectivity index (χ3n) is 20.0. The molecule has 0 amide bonds. The Hall–Kier alpha value is -1.94. The number of phosphoric acid groups is 2. The van der Waals surface area contributed by atoms with Crippen LogP contribution in [0.1, 0.15) is 458 Å². The molecule has 19 heteroatoms. The Morgan fingerprint density at radius 2 is 0.442 bits per heavy atom. The van der Waals surface area contributed by atoms with Crippen molar-refractivity contribution in [1.29, 1.82) is 0 Å². The predicted octanol–water partition coefficient (Wildman–Crippen LogP) is 26.0. The summed E-state index contributed by atoms with van der Waals surface area (Å²) in [6.45, 7) is 7.37. The molecule has 0 saturated carbocycles. The van der Waals surface area contributed by atoms with Crippen molar-refractivity contribution < 1.29 is 80.2 Å². The first-order valence-electron chi connectivity index (χ1n) is 44.1. The van der Waals surface area contributed by atoms with E-state index < -0.39 is 97.5 Å². The summed E-state index contributed by atoms with van der Waals surface area (Å²) >= 11 is 0. The highest BCUT2D eigenvalue weighted by atomic mass is 31.2. The molecule has 0 aliphatic carbocycles. The maximum absolute atomic E-state index is 13.1. The Kier molecular flexibility index (Phi) is 76.3. The average molecular weight is 1520 g/mol. The Morgan fingerprint density at radius 3 is 0.654 bits per heavy atom. The number of ether oxygens (including phenoxy) is 4. The lowest BCUT2D eigenvalue weighted by Crippen LogP contribution is -2.30. The maximum Gasteiger partial charge on any atom is 0.472 e. The molecule has 0 heterocycles. The van der Waals surface area contributed by atoms with Crippen molar-refractivity contribution in [2.75, 3.05) is 39.6 Å². The minimum absolute atomic E-state index is 0.108. The number of aliphatic hydroxyl groups is 1. The van der Waals surface area contributed by atoms with Crippen LogP contribution in [-0.2, 0) is 65.4 Å². The van der Waals surface area contributed by atoms with Crippen LogP contribution in [0, 0.1) is 5.92 Å². The summed E-state index contributed by atoms with van der Waals surface area (Å²) in [7, 11) is -9.92. The molecule has 0 aliphatic heterocycles. The molecule has 0 aromatic rings. The number of phosphoric ester groups is 2.